The van der Waals surface area contributed by atoms with Crippen LogP contribution in [0.15, 0.2) is 59.8 Å². The predicted octanol–water partition coefficient (Wildman–Crippen LogP) is 1.87. The average molecular weight is 470 g/mol. The molecule has 33 heavy (non-hydrogen) atoms. The lowest BCUT2D eigenvalue weighted by Crippen LogP contribution is -2.49. The van der Waals surface area contributed by atoms with E-state index in [1.807, 2.05) is 29.2 Å². The SMILES string of the molecule is COc1ccc(-n2nnc3c(N4CCN(S(=O)(=O)c5ccccc5F)CC4)ncnc32)cc1. The van der Waals surface area contributed by atoms with Crippen molar-refractivity contribution in [3.63, 3.8) is 0 Å². The number of hydrogen-bond donors (Lipinski definition) is 0. The number of ether oxygens (including phenoxy) is 1. The maximum absolute atomic E-state index is 14.1. The maximum atomic E-state index is 14.1. The highest BCUT2D eigenvalue weighted by molar-refractivity contribution is 7.89. The van der Waals surface area contributed by atoms with Crippen molar-refractivity contribution in [1.29, 1.82) is 0 Å². The standard InChI is InChI=1S/C21H20FN7O3S/c1-32-16-8-6-15(7-9-16)29-21-19(25-26-29)20(23-14-24-21)27-10-12-28(13-11-27)33(30,31)18-5-3-2-4-17(18)22/h2-9,14H,10-13H2,1H3. The van der Waals surface area contributed by atoms with E-state index in [1.165, 1.54) is 28.8 Å². The molecule has 0 N–H and O–H groups in total. The van der Waals surface area contributed by atoms with E-state index < -0.39 is 15.8 Å². The van der Waals surface area contributed by atoms with E-state index in [9.17, 15) is 12.8 Å². The molecular formula is C21H20FN7O3S. The van der Waals surface area contributed by atoms with E-state index in [4.69, 9.17) is 4.74 Å². The van der Waals surface area contributed by atoms with Crippen molar-refractivity contribution in [2.24, 2.45) is 0 Å². The zero-order valence-corrected chi connectivity index (χ0v) is 18.5. The minimum absolute atomic E-state index is 0.189. The first-order chi connectivity index (χ1) is 16.0. The fraction of sp³-hybridized carbons (Fsp3) is 0.238. The topological polar surface area (TPSA) is 106 Å². The van der Waals surface area contributed by atoms with Crippen LogP contribution in [0.4, 0.5) is 10.2 Å². The van der Waals surface area contributed by atoms with Gasteiger partial charge in [-0.1, -0.05) is 17.3 Å². The molecule has 0 unspecified atom stereocenters. The van der Waals surface area contributed by atoms with Gasteiger partial charge in [-0.3, -0.25) is 0 Å². The van der Waals surface area contributed by atoms with Gasteiger partial charge in [-0.15, -0.1) is 5.10 Å². The highest BCUT2D eigenvalue weighted by Gasteiger charge is 2.31. The van der Waals surface area contributed by atoms with Gasteiger partial charge in [0.25, 0.3) is 0 Å². The van der Waals surface area contributed by atoms with Crippen molar-refractivity contribution in [1.82, 2.24) is 29.3 Å². The summed E-state index contributed by atoms with van der Waals surface area (Å²) < 4.78 is 47.9. The third-order valence-electron chi connectivity index (χ3n) is 5.53. The van der Waals surface area contributed by atoms with E-state index in [2.05, 4.69) is 20.3 Å². The van der Waals surface area contributed by atoms with E-state index in [0.717, 1.165) is 17.5 Å². The van der Waals surface area contributed by atoms with Crippen LogP contribution in [0, 0.1) is 5.82 Å². The number of hydrogen-bond acceptors (Lipinski definition) is 8. The number of halogens is 1. The Balaban J connectivity index is 1.39. The van der Waals surface area contributed by atoms with Crippen LogP contribution in [-0.4, -0.2) is 71.0 Å². The highest BCUT2D eigenvalue weighted by Crippen LogP contribution is 2.26. The molecule has 4 aromatic rings. The number of sulfonamides is 1. The molecule has 2 aromatic heterocycles. The lowest BCUT2D eigenvalue weighted by atomic mass is 10.3. The van der Waals surface area contributed by atoms with Crippen LogP contribution in [0.3, 0.4) is 0 Å². The van der Waals surface area contributed by atoms with Crippen LogP contribution in [0.5, 0.6) is 5.75 Å². The molecule has 0 saturated carbocycles. The molecule has 0 amide bonds. The lowest BCUT2D eigenvalue weighted by molar-refractivity contribution is 0.381. The minimum Gasteiger partial charge on any atom is -0.497 e. The van der Waals surface area contributed by atoms with Gasteiger partial charge in [-0.25, -0.2) is 22.8 Å². The number of fused-ring (bicyclic) bond motifs is 1. The third kappa shape index (κ3) is 3.76. The van der Waals surface area contributed by atoms with Crippen molar-refractivity contribution >= 4 is 27.0 Å². The molecule has 1 fully saturated rings. The molecule has 0 spiro atoms. The van der Waals surface area contributed by atoms with Crippen molar-refractivity contribution in [3.05, 3.63) is 60.7 Å². The van der Waals surface area contributed by atoms with Crippen LogP contribution >= 0.6 is 0 Å². The fourth-order valence-electron chi connectivity index (χ4n) is 3.80. The fourth-order valence-corrected chi connectivity index (χ4v) is 5.29. The Morgan fingerprint density at radius 1 is 0.970 bits per heavy atom. The van der Waals surface area contributed by atoms with Crippen LogP contribution in [0.25, 0.3) is 16.9 Å². The maximum Gasteiger partial charge on any atom is 0.246 e. The van der Waals surface area contributed by atoms with Crippen molar-refractivity contribution < 1.29 is 17.5 Å². The molecule has 12 heteroatoms. The first kappa shape index (κ1) is 21.2. The van der Waals surface area contributed by atoms with Gasteiger partial charge in [0.15, 0.2) is 17.0 Å². The van der Waals surface area contributed by atoms with Crippen LogP contribution < -0.4 is 9.64 Å². The highest BCUT2D eigenvalue weighted by atomic mass is 32.2. The van der Waals surface area contributed by atoms with Gasteiger partial charge in [0.2, 0.25) is 10.0 Å². The van der Waals surface area contributed by atoms with Crippen LogP contribution in [0.2, 0.25) is 0 Å². The van der Waals surface area contributed by atoms with Gasteiger partial charge in [-0.2, -0.15) is 8.99 Å². The summed E-state index contributed by atoms with van der Waals surface area (Å²) in [6.07, 6.45) is 1.43. The second kappa shape index (κ2) is 8.37. The normalized spacial score (nSPS) is 15.2. The summed E-state index contributed by atoms with van der Waals surface area (Å²) in [6, 6.07) is 12.7. The van der Waals surface area contributed by atoms with E-state index >= 15 is 0 Å². The monoisotopic (exact) mass is 469 g/mol. The average Bonchev–Trinajstić information content (AvgIpc) is 3.29. The predicted molar refractivity (Wildman–Crippen MR) is 118 cm³/mol. The Bertz CT molecular complexity index is 1400. The molecule has 1 aliphatic heterocycles. The third-order valence-corrected chi connectivity index (χ3v) is 7.46. The number of methoxy groups -OCH3 is 1. The Labute approximate surface area is 189 Å². The number of anilines is 1. The van der Waals surface area contributed by atoms with Crippen molar-refractivity contribution in [2.75, 3.05) is 38.2 Å². The smallest absolute Gasteiger partial charge is 0.246 e. The summed E-state index contributed by atoms with van der Waals surface area (Å²) in [5, 5.41) is 8.50. The molecule has 1 saturated heterocycles. The van der Waals surface area contributed by atoms with E-state index in [-0.39, 0.29) is 18.0 Å². The van der Waals surface area contributed by atoms with Crippen molar-refractivity contribution in [3.8, 4) is 11.4 Å². The molecule has 10 nitrogen and oxygen atoms in total. The first-order valence-corrected chi connectivity index (χ1v) is 11.6. The summed E-state index contributed by atoms with van der Waals surface area (Å²) in [5.74, 6) is 0.539. The number of aromatic nitrogens is 5. The summed E-state index contributed by atoms with van der Waals surface area (Å²) in [7, 11) is -2.32. The molecule has 0 aliphatic carbocycles. The van der Waals surface area contributed by atoms with Gasteiger partial charge in [0.1, 0.15) is 22.8 Å². The number of benzene rings is 2. The van der Waals surface area contributed by atoms with Gasteiger partial charge in [0.05, 0.1) is 12.8 Å². The summed E-state index contributed by atoms with van der Waals surface area (Å²) >= 11 is 0. The lowest BCUT2D eigenvalue weighted by Gasteiger charge is -2.34. The number of nitrogens with zero attached hydrogens (tertiary/aromatic N) is 7. The molecule has 5 rings (SSSR count). The Morgan fingerprint density at radius 2 is 1.70 bits per heavy atom. The molecular weight excluding hydrogens is 449 g/mol. The van der Waals surface area contributed by atoms with Gasteiger partial charge in [-0.05, 0) is 36.4 Å². The molecule has 3 heterocycles. The molecule has 0 bridgehead atoms. The summed E-state index contributed by atoms with van der Waals surface area (Å²) in [4.78, 5) is 10.3. The summed E-state index contributed by atoms with van der Waals surface area (Å²) in [6.45, 7) is 1.12. The van der Waals surface area contributed by atoms with E-state index in [0.29, 0.717) is 30.1 Å². The summed E-state index contributed by atoms with van der Waals surface area (Å²) in [5.41, 5.74) is 1.81. The van der Waals surface area contributed by atoms with Gasteiger partial charge >= 0.3 is 0 Å². The van der Waals surface area contributed by atoms with Crippen molar-refractivity contribution in [2.45, 2.75) is 4.90 Å². The van der Waals surface area contributed by atoms with Crippen LogP contribution in [0.1, 0.15) is 0 Å². The van der Waals surface area contributed by atoms with Gasteiger partial charge in [0, 0.05) is 26.2 Å². The zero-order chi connectivity index (χ0) is 23.0. The quantitative estimate of drug-likeness (QED) is 0.436. The second-order valence-electron chi connectivity index (χ2n) is 7.39. The molecule has 0 radical (unpaired) electrons. The van der Waals surface area contributed by atoms with Gasteiger partial charge < -0.3 is 9.64 Å². The van der Waals surface area contributed by atoms with Crippen LogP contribution in [-0.2, 0) is 10.0 Å². The second-order valence-corrected chi connectivity index (χ2v) is 9.30. The Kier molecular flexibility index (Phi) is 5.38. The number of piperazine rings is 1. The molecule has 2 aromatic carbocycles. The minimum atomic E-state index is -3.92. The Hall–Kier alpha value is -3.64. The Morgan fingerprint density at radius 3 is 2.39 bits per heavy atom. The zero-order valence-electron chi connectivity index (χ0n) is 17.7. The van der Waals surface area contributed by atoms with E-state index in [1.54, 1.807) is 11.8 Å². The molecule has 1 aliphatic rings. The molecule has 0 atom stereocenters. The largest absolute Gasteiger partial charge is 0.497 e. The number of rotatable bonds is 5. The first-order valence-electron chi connectivity index (χ1n) is 10.2. The molecule has 170 valence electrons.